The maximum atomic E-state index is 12.0. The maximum Gasteiger partial charge on any atom is 0.336 e. The quantitative estimate of drug-likeness (QED) is 0.664. The minimum absolute atomic E-state index is 0.0447. The van der Waals surface area contributed by atoms with E-state index >= 15 is 0 Å². The van der Waals surface area contributed by atoms with E-state index in [1.54, 1.807) is 24.3 Å². The van der Waals surface area contributed by atoms with Gasteiger partial charge in [-0.25, -0.2) is 4.79 Å². The molecule has 1 aromatic carbocycles. The lowest BCUT2D eigenvalue weighted by atomic mass is 10.1. The largest absolute Gasteiger partial charge is 0.451 e. The van der Waals surface area contributed by atoms with Crippen molar-refractivity contribution in [2.24, 2.45) is 0 Å². The highest BCUT2D eigenvalue weighted by Crippen LogP contribution is 2.15. The Balaban J connectivity index is 1.87. The highest BCUT2D eigenvalue weighted by Gasteiger charge is 2.28. The normalized spacial score (nSPS) is 18.5. The summed E-state index contributed by atoms with van der Waals surface area (Å²) in [5.41, 5.74) is 1.10. The zero-order valence-electron chi connectivity index (χ0n) is 12.6. The summed E-state index contributed by atoms with van der Waals surface area (Å²) in [6.45, 7) is 3.52. The second kappa shape index (κ2) is 7.17. The zero-order valence-corrected chi connectivity index (χ0v) is 12.6. The molecule has 2 rings (SSSR count). The monoisotopic (exact) mass is 305 g/mol. The number of hydrogen-bond donors (Lipinski definition) is 1. The van der Waals surface area contributed by atoms with Gasteiger partial charge in [0, 0.05) is 17.9 Å². The van der Waals surface area contributed by atoms with Gasteiger partial charge < -0.3 is 14.8 Å². The highest BCUT2D eigenvalue weighted by atomic mass is 16.6. The van der Waals surface area contributed by atoms with E-state index in [4.69, 9.17) is 9.47 Å². The van der Waals surface area contributed by atoms with Gasteiger partial charge in [0.2, 0.25) is 0 Å². The fourth-order valence-electron chi connectivity index (χ4n) is 2.10. The summed E-state index contributed by atoms with van der Waals surface area (Å²) in [5.74, 6) is -0.981. The van der Waals surface area contributed by atoms with Crippen LogP contribution >= 0.6 is 0 Å². The number of carbonyl (C=O) groups excluding carboxylic acids is 3. The van der Waals surface area contributed by atoms with Gasteiger partial charge in [0.1, 0.15) is 0 Å². The number of anilines is 1. The Labute approximate surface area is 128 Å². The highest BCUT2D eigenvalue weighted by molar-refractivity contribution is 5.97. The Morgan fingerprint density at radius 2 is 1.95 bits per heavy atom. The number of nitrogens with one attached hydrogen (secondary N) is 1. The van der Waals surface area contributed by atoms with Crippen molar-refractivity contribution < 1.29 is 23.9 Å². The van der Waals surface area contributed by atoms with Crippen LogP contribution in [0, 0.1) is 0 Å². The minimum atomic E-state index is -0.913. The third kappa shape index (κ3) is 4.14. The lowest BCUT2D eigenvalue weighted by Crippen LogP contribution is -2.33. The third-order valence-corrected chi connectivity index (χ3v) is 3.41. The van der Waals surface area contributed by atoms with Crippen LogP contribution in [-0.4, -0.2) is 36.5 Å². The maximum absolute atomic E-state index is 12.0. The third-order valence-electron chi connectivity index (χ3n) is 3.41. The predicted molar refractivity (Wildman–Crippen MR) is 79.6 cm³/mol. The number of Topliss-reactive ketones (excluding diaryl/α,β-unsaturated/α-hetero) is 1. The van der Waals surface area contributed by atoms with Crippen LogP contribution in [0.4, 0.5) is 5.69 Å². The molecule has 1 aliphatic heterocycles. The lowest BCUT2D eigenvalue weighted by molar-refractivity contribution is -0.162. The Kier molecular flexibility index (Phi) is 5.27. The average molecular weight is 305 g/mol. The number of esters is 1. The summed E-state index contributed by atoms with van der Waals surface area (Å²) in [5, 5.41) is 2.64. The molecule has 118 valence electrons. The molecule has 6 nitrogen and oxygen atoms in total. The Bertz CT molecular complexity index is 560. The molecule has 2 atom stereocenters. The fraction of sp³-hybridized carbons (Fsp3) is 0.438. The van der Waals surface area contributed by atoms with Crippen molar-refractivity contribution in [3.05, 3.63) is 29.8 Å². The molecule has 1 amide bonds. The van der Waals surface area contributed by atoms with Crippen molar-refractivity contribution in [3.8, 4) is 0 Å². The van der Waals surface area contributed by atoms with Gasteiger partial charge in [-0.3, -0.25) is 9.59 Å². The van der Waals surface area contributed by atoms with Crippen LogP contribution in [0.3, 0.4) is 0 Å². The Morgan fingerprint density at radius 3 is 2.50 bits per heavy atom. The molecule has 0 radical (unpaired) electrons. The van der Waals surface area contributed by atoms with Crippen molar-refractivity contribution >= 4 is 23.3 Å². The molecule has 1 fully saturated rings. The smallest absolute Gasteiger partial charge is 0.336 e. The van der Waals surface area contributed by atoms with Gasteiger partial charge in [0.05, 0.1) is 0 Å². The van der Waals surface area contributed by atoms with E-state index < -0.39 is 24.1 Å². The summed E-state index contributed by atoms with van der Waals surface area (Å²) in [4.78, 5) is 34.9. The first-order valence-electron chi connectivity index (χ1n) is 7.21. The lowest BCUT2D eigenvalue weighted by Gasteiger charge is -2.16. The summed E-state index contributed by atoms with van der Waals surface area (Å²) in [7, 11) is 0. The SMILES string of the molecule is CC(=O)c1ccc(NC(=O)[C@H](C)OC(=O)[C@@H]2CCCO2)cc1. The topological polar surface area (TPSA) is 81.7 Å². The molecular formula is C16H19NO5. The van der Waals surface area contributed by atoms with Gasteiger partial charge in [-0.15, -0.1) is 0 Å². The van der Waals surface area contributed by atoms with E-state index in [0.717, 1.165) is 6.42 Å². The van der Waals surface area contributed by atoms with Crippen molar-refractivity contribution in [1.29, 1.82) is 0 Å². The van der Waals surface area contributed by atoms with E-state index in [1.165, 1.54) is 13.8 Å². The van der Waals surface area contributed by atoms with E-state index in [0.29, 0.717) is 24.3 Å². The molecule has 0 aromatic heterocycles. The van der Waals surface area contributed by atoms with E-state index in [9.17, 15) is 14.4 Å². The summed E-state index contributed by atoms with van der Waals surface area (Å²) < 4.78 is 10.3. The van der Waals surface area contributed by atoms with Crippen LogP contribution in [0.2, 0.25) is 0 Å². The molecule has 0 saturated carbocycles. The number of ketones is 1. The molecular weight excluding hydrogens is 286 g/mol. The molecule has 0 unspecified atom stereocenters. The molecule has 0 aliphatic carbocycles. The van der Waals surface area contributed by atoms with Gasteiger partial charge in [0.15, 0.2) is 18.0 Å². The van der Waals surface area contributed by atoms with Gasteiger partial charge in [-0.05, 0) is 51.0 Å². The molecule has 1 aromatic rings. The molecule has 1 aliphatic rings. The molecule has 22 heavy (non-hydrogen) atoms. The van der Waals surface area contributed by atoms with Crippen LogP contribution in [0.25, 0.3) is 0 Å². The minimum Gasteiger partial charge on any atom is -0.451 e. The van der Waals surface area contributed by atoms with Crippen LogP contribution in [0.5, 0.6) is 0 Å². The predicted octanol–water partition coefficient (Wildman–Crippen LogP) is 1.94. The first kappa shape index (κ1) is 16.2. The van der Waals surface area contributed by atoms with Crippen LogP contribution in [0.1, 0.15) is 37.0 Å². The van der Waals surface area contributed by atoms with Crippen molar-refractivity contribution in [1.82, 2.24) is 0 Å². The summed E-state index contributed by atoms with van der Waals surface area (Å²) >= 11 is 0. The number of hydrogen-bond acceptors (Lipinski definition) is 5. The standard InChI is InChI=1S/C16H19NO5/c1-10(18)12-5-7-13(8-6-12)17-15(19)11(2)22-16(20)14-4-3-9-21-14/h5-8,11,14H,3-4,9H2,1-2H3,(H,17,19)/t11-,14-/m0/s1. The van der Waals surface area contributed by atoms with Gasteiger partial charge >= 0.3 is 5.97 Å². The van der Waals surface area contributed by atoms with Crippen LogP contribution in [0.15, 0.2) is 24.3 Å². The van der Waals surface area contributed by atoms with Crippen molar-refractivity contribution in [3.63, 3.8) is 0 Å². The van der Waals surface area contributed by atoms with Gasteiger partial charge in [-0.1, -0.05) is 0 Å². The zero-order chi connectivity index (χ0) is 16.1. The van der Waals surface area contributed by atoms with Crippen molar-refractivity contribution in [2.75, 3.05) is 11.9 Å². The Hall–Kier alpha value is -2.21. The average Bonchev–Trinajstić information content (AvgIpc) is 3.02. The number of benzene rings is 1. The summed E-state index contributed by atoms with van der Waals surface area (Å²) in [6.07, 6.45) is -0.0306. The molecule has 6 heteroatoms. The molecule has 1 saturated heterocycles. The number of carbonyl (C=O) groups is 3. The molecule has 1 N–H and O–H groups in total. The van der Waals surface area contributed by atoms with E-state index in [-0.39, 0.29) is 5.78 Å². The fourth-order valence-corrected chi connectivity index (χ4v) is 2.10. The van der Waals surface area contributed by atoms with Gasteiger partial charge in [-0.2, -0.15) is 0 Å². The number of rotatable bonds is 5. The first-order valence-corrected chi connectivity index (χ1v) is 7.21. The summed E-state index contributed by atoms with van der Waals surface area (Å²) in [6, 6.07) is 6.51. The first-order chi connectivity index (χ1) is 10.5. The van der Waals surface area contributed by atoms with Crippen LogP contribution in [-0.2, 0) is 19.1 Å². The van der Waals surface area contributed by atoms with Gasteiger partial charge in [0.25, 0.3) is 5.91 Å². The van der Waals surface area contributed by atoms with E-state index in [2.05, 4.69) is 5.32 Å². The second-order valence-corrected chi connectivity index (χ2v) is 5.20. The number of amides is 1. The second-order valence-electron chi connectivity index (χ2n) is 5.20. The molecule has 1 heterocycles. The molecule has 0 spiro atoms. The Morgan fingerprint density at radius 1 is 1.27 bits per heavy atom. The van der Waals surface area contributed by atoms with Crippen molar-refractivity contribution in [2.45, 2.75) is 38.9 Å². The van der Waals surface area contributed by atoms with Crippen LogP contribution < -0.4 is 5.32 Å². The number of ether oxygens (including phenoxy) is 2. The van der Waals surface area contributed by atoms with E-state index in [1.807, 2.05) is 0 Å². The molecule has 0 bridgehead atoms.